The minimum atomic E-state index is -3.26. The van der Waals surface area contributed by atoms with Crippen LogP contribution in [0.25, 0.3) is 0 Å². The summed E-state index contributed by atoms with van der Waals surface area (Å²) in [4.78, 5) is 13.6. The Labute approximate surface area is 125 Å². The first-order chi connectivity index (χ1) is 9.76. The number of morpholine rings is 1. The van der Waals surface area contributed by atoms with Crippen molar-refractivity contribution in [2.45, 2.75) is 20.0 Å². The number of carbonyl (C=O) groups is 1. The second-order valence-electron chi connectivity index (χ2n) is 5.33. The number of amides is 1. The summed E-state index contributed by atoms with van der Waals surface area (Å²) < 4.78 is 30.0. The fourth-order valence-corrected chi connectivity index (χ4v) is 2.62. The number of benzene rings is 1. The molecule has 1 atom stereocenters. The second kappa shape index (κ2) is 6.13. The zero-order valence-electron chi connectivity index (χ0n) is 12.4. The van der Waals surface area contributed by atoms with Crippen LogP contribution in [-0.2, 0) is 19.6 Å². The standard InChI is InChI=1S/C14H20N2O4S/c1-10-4-5-12(6-11(10)2)16-8-13(20-9-14(16)17)7-15-21(3,18)19/h4-6,13,15H,7-9H2,1-3H3. The van der Waals surface area contributed by atoms with Crippen molar-refractivity contribution in [1.82, 2.24) is 4.72 Å². The molecule has 1 aromatic rings. The highest BCUT2D eigenvalue weighted by molar-refractivity contribution is 7.88. The van der Waals surface area contributed by atoms with Crippen molar-refractivity contribution in [3.8, 4) is 0 Å². The summed E-state index contributed by atoms with van der Waals surface area (Å²) in [5, 5.41) is 0. The molecule has 1 N–H and O–H groups in total. The van der Waals surface area contributed by atoms with Crippen molar-refractivity contribution in [3.63, 3.8) is 0 Å². The van der Waals surface area contributed by atoms with Crippen LogP contribution in [0.4, 0.5) is 5.69 Å². The molecule has 0 bridgehead atoms. The Morgan fingerprint density at radius 2 is 2.05 bits per heavy atom. The van der Waals surface area contributed by atoms with Gasteiger partial charge in [0.2, 0.25) is 10.0 Å². The Bertz CT molecular complexity index is 642. The fraction of sp³-hybridized carbons (Fsp3) is 0.500. The zero-order chi connectivity index (χ0) is 15.6. The van der Waals surface area contributed by atoms with Gasteiger partial charge in [-0.3, -0.25) is 4.79 Å². The molecular weight excluding hydrogens is 292 g/mol. The highest BCUT2D eigenvalue weighted by Gasteiger charge is 2.28. The first kappa shape index (κ1) is 15.9. The lowest BCUT2D eigenvalue weighted by molar-refractivity contribution is -0.129. The van der Waals surface area contributed by atoms with Gasteiger partial charge in [-0.1, -0.05) is 6.07 Å². The molecule has 7 heteroatoms. The Kier molecular flexibility index (Phi) is 4.65. The van der Waals surface area contributed by atoms with Crippen LogP contribution in [0.1, 0.15) is 11.1 Å². The molecule has 0 aromatic heterocycles. The van der Waals surface area contributed by atoms with Crippen molar-refractivity contribution in [2.75, 3.05) is 30.9 Å². The summed E-state index contributed by atoms with van der Waals surface area (Å²) in [5.41, 5.74) is 3.09. The Morgan fingerprint density at radius 3 is 2.67 bits per heavy atom. The van der Waals surface area contributed by atoms with E-state index in [1.807, 2.05) is 32.0 Å². The van der Waals surface area contributed by atoms with E-state index in [-0.39, 0.29) is 25.2 Å². The van der Waals surface area contributed by atoms with Crippen LogP contribution in [0, 0.1) is 13.8 Å². The summed E-state index contributed by atoms with van der Waals surface area (Å²) >= 11 is 0. The number of anilines is 1. The SMILES string of the molecule is Cc1ccc(N2CC(CNS(C)(=O)=O)OCC2=O)cc1C. The Morgan fingerprint density at radius 1 is 1.33 bits per heavy atom. The van der Waals surface area contributed by atoms with Crippen molar-refractivity contribution in [2.24, 2.45) is 0 Å². The molecule has 0 radical (unpaired) electrons. The molecule has 1 fully saturated rings. The number of hydrogen-bond acceptors (Lipinski definition) is 4. The van der Waals surface area contributed by atoms with E-state index in [2.05, 4.69) is 4.72 Å². The number of ether oxygens (including phenoxy) is 1. The third-order valence-corrected chi connectivity index (χ3v) is 4.20. The first-order valence-electron chi connectivity index (χ1n) is 6.70. The molecule has 6 nitrogen and oxygen atoms in total. The van der Waals surface area contributed by atoms with Crippen LogP contribution in [-0.4, -0.2) is 46.4 Å². The van der Waals surface area contributed by atoms with E-state index in [1.54, 1.807) is 4.90 Å². The molecule has 21 heavy (non-hydrogen) atoms. The second-order valence-corrected chi connectivity index (χ2v) is 7.16. The van der Waals surface area contributed by atoms with Gasteiger partial charge in [0.05, 0.1) is 18.9 Å². The Hall–Kier alpha value is -1.44. The van der Waals surface area contributed by atoms with Gasteiger partial charge in [-0.05, 0) is 37.1 Å². The maximum atomic E-state index is 12.0. The van der Waals surface area contributed by atoms with Crippen LogP contribution >= 0.6 is 0 Å². The molecule has 0 spiro atoms. The molecule has 0 aliphatic carbocycles. The van der Waals surface area contributed by atoms with Crippen molar-refractivity contribution in [3.05, 3.63) is 29.3 Å². The number of aryl methyl sites for hydroxylation is 2. The van der Waals surface area contributed by atoms with Crippen LogP contribution in [0.5, 0.6) is 0 Å². The van der Waals surface area contributed by atoms with Gasteiger partial charge < -0.3 is 9.64 Å². The molecule has 2 rings (SSSR count). The average Bonchev–Trinajstić information content (AvgIpc) is 2.40. The van der Waals surface area contributed by atoms with Gasteiger partial charge in [0.1, 0.15) is 6.61 Å². The summed E-state index contributed by atoms with van der Waals surface area (Å²) in [5.74, 6) is -0.117. The van der Waals surface area contributed by atoms with Gasteiger partial charge in [0.15, 0.2) is 0 Å². The van der Waals surface area contributed by atoms with Gasteiger partial charge >= 0.3 is 0 Å². The summed E-state index contributed by atoms with van der Waals surface area (Å²) in [6, 6.07) is 5.82. The molecule has 1 amide bonds. The molecule has 0 saturated carbocycles. The molecule has 1 aromatic carbocycles. The number of rotatable bonds is 4. The number of nitrogens with zero attached hydrogens (tertiary/aromatic N) is 1. The monoisotopic (exact) mass is 312 g/mol. The van der Waals surface area contributed by atoms with Crippen LogP contribution in [0.3, 0.4) is 0 Å². The lowest BCUT2D eigenvalue weighted by Gasteiger charge is -2.33. The quantitative estimate of drug-likeness (QED) is 0.882. The largest absolute Gasteiger partial charge is 0.365 e. The van der Waals surface area contributed by atoms with Gasteiger partial charge in [0, 0.05) is 12.2 Å². The van der Waals surface area contributed by atoms with Crippen molar-refractivity contribution >= 4 is 21.6 Å². The molecule has 1 unspecified atom stereocenters. The third kappa shape index (κ3) is 4.26. The smallest absolute Gasteiger partial charge is 0.253 e. The van der Waals surface area contributed by atoms with Crippen LogP contribution < -0.4 is 9.62 Å². The number of hydrogen-bond donors (Lipinski definition) is 1. The van der Waals surface area contributed by atoms with Crippen molar-refractivity contribution < 1.29 is 17.9 Å². The Balaban J connectivity index is 2.10. The maximum Gasteiger partial charge on any atom is 0.253 e. The minimum absolute atomic E-state index is 0.0387. The average molecular weight is 312 g/mol. The van der Waals surface area contributed by atoms with E-state index in [1.165, 1.54) is 0 Å². The molecule has 1 heterocycles. The highest BCUT2D eigenvalue weighted by atomic mass is 32.2. The van der Waals surface area contributed by atoms with E-state index in [4.69, 9.17) is 4.74 Å². The van der Waals surface area contributed by atoms with Gasteiger partial charge in [0.25, 0.3) is 5.91 Å². The zero-order valence-corrected chi connectivity index (χ0v) is 13.2. The van der Waals surface area contributed by atoms with Gasteiger partial charge in [-0.2, -0.15) is 0 Å². The van der Waals surface area contributed by atoms with E-state index in [0.29, 0.717) is 6.54 Å². The third-order valence-electron chi connectivity index (χ3n) is 3.51. The first-order valence-corrected chi connectivity index (χ1v) is 8.59. The molecule has 1 aliphatic heterocycles. The van der Waals surface area contributed by atoms with E-state index in [0.717, 1.165) is 23.1 Å². The molecule has 1 saturated heterocycles. The predicted octanol–water partition coefficient (Wildman–Crippen LogP) is 0.584. The van der Waals surface area contributed by atoms with Crippen LogP contribution in [0.15, 0.2) is 18.2 Å². The number of carbonyl (C=O) groups excluding carboxylic acids is 1. The minimum Gasteiger partial charge on any atom is -0.365 e. The maximum absolute atomic E-state index is 12.0. The number of sulfonamides is 1. The van der Waals surface area contributed by atoms with Gasteiger partial charge in [-0.25, -0.2) is 13.1 Å². The normalized spacial score (nSPS) is 19.9. The molecule has 116 valence electrons. The topological polar surface area (TPSA) is 75.7 Å². The van der Waals surface area contributed by atoms with E-state index in [9.17, 15) is 13.2 Å². The van der Waals surface area contributed by atoms with Crippen molar-refractivity contribution in [1.29, 1.82) is 0 Å². The lowest BCUT2D eigenvalue weighted by atomic mass is 10.1. The fourth-order valence-electron chi connectivity index (χ4n) is 2.14. The van der Waals surface area contributed by atoms with Crippen LogP contribution in [0.2, 0.25) is 0 Å². The number of nitrogens with one attached hydrogen (secondary N) is 1. The summed E-state index contributed by atoms with van der Waals surface area (Å²) in [6.45, 7) is 4.46. The molecule has 1 aliphatic rings. The highest BCUT2D eigenvalue weighted by Crippen LogP contribution is 2.21. The molecular formula is C14H20N2O4S. The summed E-state index contributed by atoms with van der Waals surface area (Å²) in [6.07, 6.45) is 0.751. The van der Waals surface area contributed by atoms with E-state index >= 15 is 0 Å². The lowest BCUT2D eigenvalue weighted by Crippen LogP contribution is -2.50. The predicted molar refractivity (Wildman–Crippen MR) is 80.9 cm³/mol. The van der Waals surface area contributed by atoms with E-state index < -0.39 is 10.0 Å². The van der Waals surface area contributed by atoms with Gasteiger partial charge in [-0.15, -0.1) is 0 Å². The summed E-state index contributed by atoms with van der Waals surface area (Å²) in [7, 11) is -3.26.